The summed E-state index contributed by atoms with van der Waals surface area (Å²) < 4.78 is 23.6. The Morgan fingerprint density at radius 3 is 2.55 bits per heavy atom. The number of phenols is 1. The molecule has 2 aliphatic rings. The predicted octanol–water partition coefficient (Wildman–Crippen LogP) is 6.01. The smallest absolute Gasteiger partial charge is 0.184 e. The van der Waals surface area contributed by atoms with Gasteiger partial charge in [0.1, 0.15) is 22.8 Å². The average Bonchev–Trinajstić information content (AvgIpc) is 3.31. The number of benzene rings is 2. The van der Waals surface area contributed by atoms with Gasteiger partial charge in [-0.25, -0.2) is 0 Å². The van der Waals surface area contributed by atoms with Gasteiger partial charge in [0.15, 0.2) is 6.29 Å². The molecule has 8 heteroatoms. The lowest BCUT2D eigenvalue weighted by molar-refractivity contribution is -0.0768. The number of aliphatic hydroxyl groups is 1. The van der Waals surface area contributed by atoms with Crippen molar-refractivity contribution in [1.82, 2.24) is 9.88 Å². The highest BCUT2D eigenvalue weighted by Gasteiger charge is 2.34. The lowest BCUT2D eigenvalue weighted by Gasteiger charge is -2.36. The number of fused-ring (bicyclic) bond motifs is 3. The normalized spacial score (nSPS) is 18.2. The molecule has 2 aromatic carbocycles. The Labute approximate surface area is 234 Å². The van der Waals surface area contributed by atoms with Crippen LogP contribution in [-0.2, 0) is 9.47 Å². The van der Waals surface area contributed by atoms with Gasteiger partial charge in [-0.05, 0) is 61.6 Å². The van der Waals surface area contributed by atoms with Gasteiger partial charge in [0.2, 0.25) is 0 Å². The quantitative estimate of drug-likeness (QED) is 0.184. The number of aromatic hydroxyl groups is 1. The van der Waals surface area contributed by atoms with Crippen molar-refractivity contribution in [3.63, 3.8) is 0 Å². The number of rotatable bonds is 10. The number of nitrogens with zero attached hydrogens (tertiary/aromatic N) is 2. The summed E-state index contributed by atoms with van der Waals surface area (Å²) in [6.07, 6.45) is 8.58. The maximum Gasteiger partial charge on any atom is 0.184 e. The number of hydrogen-bond acceptors (Lipinski definition) is 8. The van der Waals surface area contributed by atoms with E-state index in [1.54, 1.807) is 12.4 Å². The Morgan fingerprint density at radius 2 is 1.85 bits per heavy atom. The molecule has 2 unspecified atom stereocenters. The number of aliphatic hydroxyl groups excluding tert-OH is 1. The molecule has 6 rings (SSSR count). The minimum atomic E-state index is -1.22. The van der Waals surface area contributed by atoms with Gasteiger partial charge in [0, 0.05) is 54.3 Å². The number of hydrogen-bond donors (Lipinski definition) is 2. The van der Waals surface area contributed by atoms with E-state index in [9.17, 15) is 10.2 Å². The van der Waals surface area contributed by atoms with Crippen molar-refractivity contribution in [3.8, 4) is 11.5 Å². The Morgan fingerprint density at radius 1 is 1.07 bits per heavy atom. The van der Waals surface area contributed by atoms with Crippen molar-refractivity contribution in [2.45, 2.75) is 51.4 Å². The van der Waals surface area contributed by atoms with E-state index in [1.165, 1.54) is 32.8 Å². The fourth-order valence-corrected chi connectivity index (χ4v) is 6.25. The van der Waals surface area contributed by atoms with Crippen LogP contribution in [0.2, 0.25) is 0 Å². The first kappa shape index (κ1) is 27.0. The second kappa shape index (κ2) is 11.7. The minimum absolute atomic E-state index is 0.151. The number of phenolic OH excluding ortho intramolecular Hbond substituents is 1. The summed E-state index contributed by atoms with van der Waals surface area (Å²) >= 11 is 0. The Kier molecular flexibility index (Phi) is 7.94. The van der Waals surface area contributed by atoms with E-state index in [-0.39, 0.29) is 11.8 Å². The average molecular weight is 547 g/mol. The van der Waals surface area contributed by atoms with Gasteiger partial charge in [-0.3, -0.25) is 9.88 Å². The summed E-state index contributed by atoms with van der Waals surface area (Å²) in [4.78, 5) is 6.52. The van der Waals surface area contributed by atoms with Gasteiger partial charge in [-0.15, -0.1) is 0 Å². The monoisotopic (exact) mass is 546 g/mol. The molecular weight excluding hydrogens is 508 g/mol. The van der Waals surface area contributed by atoms with Crippen molar-refractivity contribution in [2.75, 3.05) is 40.0 Å². The number of aromatic nitrogens is 1. The van der Waals surface area contributed by atoms with Crippen LogP contribution in [0.5, 0.6) is 11.5 Å². The highest BCUT2D eigenvalue weighted by molar-refractivity contribution is 6.11. The van der Waals surface area contributed by atoms with Gasteiger partial charge in [-0.2, -0.15) is 0 Å². The molecule has 40 heavy (non-hydrogen) atoms. The lowest BCUT2D eigenvalue weighted by atomic mass is 9.82. The number of pyridine rings is 1. The van der Waals surface area contributed by atoms with Crippen molar-refractivity contribution >= 4 is 21.7 Å². The van der Waals surface area contributed by atoms with Crippen molar-refractivity contribution in [1.29, 1.82) is 0 Å². The number of aryl methyl sites for hydroxylation is 1. The molecule has 3 heterocycles. The fourth-order valence-electron chi connectivity index (χ4n) is 6.25. The summed E-state index contributed by atoms with van der Waals surface area (Å²) in [5.74, 6) is 2.28. The second-order valence-electron chi connectivity index (χ2n) is 11.0. The van der Waals surface area contributed by atoms with E-state index in [4.69, 9.17) is 18.6 Å². The van der Waals surface area contributed by atoms with E-state index < -0.39 is 6.29 Å². The van der Waals surface area contributed by atoms with Crippen LogP contribution in [0.3, 0.4) is 0 Å². The van der Waals surface area contributed by atoms with Crippen LogP contribution in [0.1, 0.15) is 66.9 Å². The van der Waals surface area contributed by atoms with Crippen LogP contribution >= 0.6 is 0 Å². The number of furan rings is 1. The first-order valence-electron chi connectivity index (χ1n) is 14.3. The molecule has 1 saturated carbocycles. The molecule has 8 nitrogen and oxygen atoms in total. The highest BCUT2D eigenvalue weighted by atomic mass is 16.6. The van der Waals surface area contributed by atoms with E-state index in [1.807, 2.05) is 37.3 Å². The largest absolute Gasteiger partial charge is 0.507 e. The molecular formula is C32H38N2O6. The van der Waals surface area contributed by atoms with Gasteiger partial charge < -0.3 is 28.8 Å². The molecule has 1 saturated heterocycles. The van der Waals surface area contributed by atoms with Gasteiger partial charge >= 0.3 is 0 Å². The maximum atomic E-state index is 12.0. The van der Waals surface area contributed by atoms with Gasteiger partial charge in [0.05, 0.1) is 31.4 Å². The molecule has 2 aromatic heterocycles. The molecule has 0 spiro atoms. The summed E-state index contributed by atoms with van der Waals surface area (Å²) in [6.45, 7) is 5.05. The van der Waals surface area contributed by atoms with E-state index in [2.05, 4.69) is 9.88 Å². The van der Waals surface area contributed by atoms with Crippen LogP contribution in [-0.4, -0.2) is 60.1 Å². The van der Waals surface area contributed by atoms with Crippen molar-refractivity contribution in [3.05, 3.63) is 65.2 Å². The van der Waals surface area contributed by atoms with Crippen molar-refractivity contribution in [2.24, 2.45) is 5.92 Å². The summed E-state index contributed by atoms with van der Waals surface area (Å²) in [5.41, 5.74) is 2.77. The zero-order valence-corrected chi connectivity index (χ0v) is 23.3. The third-order valence-corrected chi connectivity index (χ3v) is 8.57. The third-order valence-electron chi connectivity index (χ3n) is 8.57. The minimum Gasteiger partial charge on any atom is -0.507 e. The summed E-state index contributed by atoms with van der Waals surface area (Å²) in [6, 6.07) is 9.37. The standard InChI is InChI=1S/C32H38N2O6/c1-20-26(32(36)37-2)27-28(29(22-10-12-33-13-11-22)34-14-17-38-18-15-34)30(35)24-9-8-23(19-25(24)31(27)40-20)39-16-4-7-21-5-3-6-21/h8-13,19,21,29,32,35-36H,3-7,14-18H2,1-2H3. The van der Waals surface area contributed by atoms with E-state index in [0.717, 1.165) is 29.0 Å². The van der Waals surface area contributed by atoms with Crippen LogP contribution in [0, 0.1) is 12.8 Å². The topological polar surface area (TPSA) is 97.4 Å². The highest BCUT2D eigenvalue weighted by Crippen LogP contribution is 2.49. The molecule has 0 radical (unpaired) electrons. The Bertz CT molecular complexity index is 1460. The Hall–Kier alpha value is -3.17. The maximum absolute atomic E-state index is 12.0. The summed E-state index contributed by atoms with van der Waals surface area (Å²) in [7, 11) is 1.46. The summed E-state index contributed by atoms with van der Waals surface area (Å²) in [5, 5.41) is 25.1. The van der Waals surface area contributed by atoms with Crippen LogP contribution in [0.4, 0.5) is 0 Å². The zero-order chi connectivity index (χ0) is 27.6. The first-order valence-corrected chi connectivity index (χ1v) is 14.3. The molecule has 0 bridgehead atoms. The molecule has 212 valence electrons. The van der Waals surface area contributed by atoms with Crippen LogP contribution in [0.15, 0.2) is 47.1 Å². The SMILES string of the molecule is COC(O)c1c(C)oc2c1c(C(c1ccncc1)N1CCOCC1)c(O)c1ccc(OCCCC3CCC3)cc12. The number of morpholine rings is 1. The number of ether oxygens (including phenoxy) is 3. The zero-order valence-electron chi connectivity index (χ0n) is 23.3. The molecule has 2 atom stereocenters. The molecule has 2 N–H and O–H groups in total. The lowest BCUT2D eigenvalue weighted by Crippen LogP contribution is -2.39. The van der Waals surface area contributed by atoms with Gasteiger partial charge in [-0.1, -0.05) is 19.3 Å². The molecule has 4 aromatic rings. The van der Waals surface area contributed by atoms with E-state index in [0.29, 0.717) is 66.2 Å². The van der Waals surface area contributed by atoms with Crippen molar-refractivity contribution < 1.29 is 28.8 Å². The molecule has 1 aliphatic heterocycles. The molecule has 0 amide bonds. The fraction of sp³-hybridized carbons (Fsp3) is 0.469. The molecule has 2 fully saturated rings. The van der Waals surface area contributed by atoms with Gasteiger partial charge in [0.25, 0.3) is 0 Å². The van der Waals surface area contributed by atoms with E-state index >= 15 is 0 Å². The van der Waals surface area contributed by atoms with Crippen LogP contribution < -0.4 is 4.74 Å². The second-order valence-corrected chi connectivity index (χ2v) is 11.0. The third kappa shape index (κ3) is 5.05. The molecule has 1 aliphatic carbocycles. The predicted molar refractivity (Wildman–Crippen MR) is 153 cm³/mol. The Balaban J connectivity index is 1.51. The number of methoxy groups -OCH3 is 1. The first-order chi connectivity index (χ1) is 19.6. The van der Waals surface area contributed by atoms with Crippen LogP contribution in [0.25, 0.3) is 21.7 Å².